The minimum Gasteiger partial charge on any atom is -0.465 e. The minimum atomic E-state index is -0.506. The Morgan fingerprint density at radius 1 is 0.950 bits per heavy atom. The molecule has 2 fully saturated rings. The largest absolute Gasteiger partial charge is 0.465 e. The highest BCUT2D eigenvalue weighted by Gasteiger charge is 2.47. The lowest BCUT2D eigenvalue weighted by atomic mass is 9.87. The van der Waals surface area contributed by atoms with Gasteiger partial charge in [0.1, 0.15) is 23.4 Å². The van der Waals surface area contributed by atoms with Crippen LogP contribution in [0.4, 0.5) is 14.5 Å². The number of esters is 1. The molecule has 2 heterocycles. The number of carbonyl (C=O) groups is 1. The molecule has 40 heavy (non-hydrogen) atoms. The zero-order chi connectivity index (χ0) is 28.1. The molecule has 2 aliphatic rings. The summed E-state index contributed by atoms with van der Waals surface area (Å²) < 4.78 is 40.0. The van der Waals surface area contributed by atoms with Crippen LogP contribution >= 0.6 is 0 Å². The van der Waals surface area contributed by atoms with E-state index in [4.69, 9.17) is 9.47 Å². The molecule has 8 heteroatoms. The lowest BCUT2D eigenvalue weighted by Gasteiger charge is -2.43. The van der Waals surface area contributed by atoms with Crippen LogP contribution in [-0.2, 0) is 20.7 Å². The number of rotatable bonds is 11. The first kappa shape index (κ1) is 28.1. The maximum Gasteiger partial charge on any atom is 0.305 e. The number of piperidine rings is 1. The van der Waals surface area contributed by atoms with E-state index in [1.165, 1.54) is 24.3 Å². The van der Waals surface area contributed by atoms with Crippen molar-refractivity contribution in [2.75, 3.05) is 13.7 Å². The molecule has 3 aromatic rings. The molecule has 2 aliphatic heterocycles. The van der Waals surface area contributed by atoms with Crippen LogP contribution < -0.4 is 0 Å². The Kier molecular flexibility index (Phi) is 8.97. The number of ether oxygens (including phenoxy) is 2. The van der Waals surface area contributed by atoms with E-state index in [2.05, 4.69) is 17.1 Å². The standard InChI is InChI=1S/C32H34F2N2O4/c1-36-27-17-18-29(36)28(20-39-31(37)4-2-3-21-5-15-26(35-38)16-6-21)30(19-27)40-32(22-7-11-24(33)12-8-22)23-9-13-25(34)14-10-23/h5-16,27-30,32H,2-4,17-20H2,1H3/t27?,28-,29?,30+/m1/s1. The zero-order valence-electron chi connectivity index (χ0n) is 22.5. The molecule has 2 saturated heterocycles. The predicted molar refractivity (Wildman–Crippen MR) is 148 cm³/mol. The molecule has 0 amide bonds. The van der Waals surface area contributed by atoms with Gasteiger partial charge in [0, 0.05) is 24.4 Å². The molecule has 0 saturated carbocycles. The van der Waals surface area contributed by atoms with E-state index < -0.39 is 6.10 Å². The zero-order valence-corrected chi connectivity index (χ0v) is 22.5. The molecule has 3 aromatic carbocycles. The van der Waals surface area contributed by atoms with Crippen LogP contribution in [-0.4, -0.2) is 42.7 Å². The van der Waals surface area contributed by atoms with Crippen molar-refractivity contribution in [1.82, 2.24) is 4.90 Å². The van der Waals surface area contributed by atoms with E-state index in [-0.39, 0.29) is 42.3 Å². The number of benzene rings is 3. The monoisotopic (exact) mass is 548 g/mol. The maximum atomic E-state index is 13.7. The molecule has 0 N–H and O–H groups in total. The molecule has 6 nitrogen and oxygen atoms in total. The number of nitrogens with zero attached hydrogens (tertiary/aromatic N) is 2. The van der Waals surface area contributed by atoms with Crippen LogP contribution in [0.5, 0.6) is 0 Å². The first-order valence-electron chi connectivity index (χ1n) is 13.9. The lowest BCUT2D eigenvalue weighted by Crippen LogP contribution is -2.52. The molecule has 4 atom stereocenters. The van der Waals surface area contributed by atoms with Crippen LogP contribution in [0.3, 0.4) is 0 Å². The van der Waals surface area contributed by atoms with Crippen LogP contribution in [0.2, 0.25) is 0 Å². The number of carbonyl (C=O) groups excluding carboxylic acids is 1. The van der Waals surface area contributed by atoms with E-state index in [0.717, 1.165) is 36.0 Å². The summed E-state index contributed by atoms with van der Waals surface area (Å²) in [4.78, 5) is 25.7. The molecule has 5 rings (SSSR count). The van der Waals surface area contributed by atoms with Gasteiger partial charge in [-0.2, -0.15) is 0 Å². The molecular formula is C32H34F2N2O4. The number of aryl methyl sites for hydroxylation is 1. The highest BCUT2D eigenvalue weighted by atomic mass is 19.1. The predicted octanol–water partition coefficient (Wildman–Crippen LogP) is 6.89. The van der Waals surface area contributed by atoms with E-state index in [1.807, 2.05) is 12.1 Å². The van der Waals surface area contributed by atoms with Gasteiger partial charge >= 0.3 is 5.97 Å². The minimum absolute atomic E-state index is 0.0283. The average molecular weight is 549 g/mol. The van der Waals surface area contributed by atoms with Gasteiger partial charge in [-0.05, 0) is 97.4 Å². The van der Waals surface area contributed by atoms with Gasteiger partial charge in [0.2, 0.25) is 0 Å². The van der Waals surface area contributed by atoms with Crippen molar-refractivity contribution >= 4 is 11.7 Å². The number of halogens is 2. The first-order valence-corrected chi connectivity index (χ1v) is 13.9. The molecule has 0 aromatic heterocycles. The Morgan fingerprint density at radius 2 is 1.57 bits per heavy atom. The topological polar surface area (TPSA) is 68.2 Å². The van der Waals surface area contributed by atoms with Crippen LogP contribution in [0.25, 0.3) is 0 Å². The summed E-state index contributed by atoms with van der Waals surface area (Å²) in [7, 11) is 2.12. The van der Waals surface area contributed by atoms with Crippen LogP contribution in [0.15, 0.2) is 78.0 Å². The lowest BCUT2D eigenvalue weighted by molar-refractivity contribution is -0.152. The van der Waals surface area contributed by atoms with Crippen molar-refractivity contribution < 1.29 is 23.0 Å². The molecule has 0 spiro atoms. The summed E-state index contributed by atoms with van der Waals surface area (Å²) in [6.07, 6.45) is 3.80. The second-order valence-corrected chi connectivity index (χ2v) is 10.8. The third kappa shape index (κ3) is 6.62. The number of fused-ring (bicyclic) bond motifs is 2. The fraction of sp³-hybridized carbons (Fsp3) is 0.406. The maximum absolute atomic E-state index is 13.7. The van der Waals surface area contributed by atoms with Crippen molar-refractivity contribution in [3.8, 4) is 0 Å². The molecular weight excluding hydrogens is 514 g/mol. The van der Waals surface area contributed by atoms with Crippen molar-refractivity contribution in [3.63, 3.8) is 0 Å². The third-order valence-electron chi connectivity index (χ3n) is 8.35. The fourth-order valence-corrected chi connectivity index (χ4v) is 6.13. The Morgan fingerprint density at radius 3 is 2.17 bits per heavy atom. The number of hydrogen-bond donors (Lipinski definition) is 0. The second-order valence-electron chi connectivity index (χ2n) is 10.8. The van der Waals surface area contributed by atoms with Gasteiger partial charge in [0.05, 0.1) is 12.7 Å². The van der Waals surface area contributed by atoms with E-state index in [9.17, 15) is 18.5 Å². The van der Waals surface area contributed by atoms with Crippen molar-refractivity contribution in [3.05, 3.63) is 106 Å². The normalized spacial score (nSPS) is 22.4. The molecule has 0 radical (unpaired) electrons. The summed E-state index contributed by atoms with van der Waals surface area (Å²) in [5.74, 6) is -0.946. The van der Waals surface area contributed by atoms with Crippen LogP contribution in [0, 0.1) is 22.5 Å². The van der Waals surface area contributed by atoms with Gasteiger partial charge < -0.3 is 9.47 Å². The van der Waals surface area contributed by atoms with E-state index in [0.29, 0.717) is 31.0 Å². The van der Waals surface area contributed by atoms with Gasteiger partial charge in [-0.15, -0.1) is 4.91 Å². The van der Waals surface area contributed by atoms with E-state index >= 15 is 0 Å². The first-order chi connectivity index (χ1) is 19.4. The van der Waals surface area contributed by atoms with E-state index in [1.54, 1.807) is 36.4 Å². The van der Waals surface area contributed by atoms with Crippen molar-refractivity contribution in [1.29, 1.82) is 0 Å². The Labute approximate surface area is 233 Å². The summed E-state index contributed by atoms with van der Waals surface area (Å²) in [6, 6.07) is 20.0. The van der Waals surface area contributed by atoms with Gasteiger partial charge in [-0.1, -0.05) is 36.4 Å². The second kappa shape index (κ2) is 12.8. The molecule has 2 unspecified atom stereocenters. The Balaban J connectivity index is 1.26. The highest BCUT2D eigenvalue weighted by molar-refractivity contribution is 5.69. The SMILES string of the molecule is CN1C2CCC1[C@@H](COC(=O)CCCc1ccc(N=O)cc1)[C@@H](OC(c1ccc(F)cc1)c1ccc(F)cc1)C2. The van der Waals surface area contributed by atoms with Gasteiger partial charge in [0.25, 0.3) is 0 Å². The summed E-state index contributed by atoms with van der Waals surface area (Å²) in [6.45, 7) is 0.254. The van der Waals surface area contributed by atoms with Crippen molar-refractivity contribution in [2.24, 2.45) is 11.1 Å². The number of nitroso groups, excluding NO2 is 1. The van der Waals surface area contributed by atoms with Gasteiger partial charge in [0.15, 0.2) is 0 Å². The summed E-state index contributed by atoms with van der Waals surface area (Å²) >= 11 is 0. The van der Waals surface area contributed by atoms with Gasteiger partial charge in [-0.3, -0.25) is 9.69 Å². The smallest absolute Gasteiger partial charge is 0.305 e. The fourth-order valence-electron chi connectivity index (χ4n) is 6.13. The average Bonchev–Trinajstić information content (AvgIpc) is 3.21. The quantitative estimate of drug-likeness (QED) is 0.193. The summed E-state index contributed by atoms with van der Waals surface area (Å²) in [5.41, 5.74) is 2.98. The Hall–Kier alpha value is -3.49. The van der Waals surface area contributed by atoms with Gasteiger partial charge in [-0.25, -0.2) is 8.78 Å². The Bertz CT molecular complexity index is 1240. The molecule has 2 bridgehead atoms. The number of hydrogen-bond acceptors (Lipinski definition) is 6. The third-order valence-corrected chi connectivity index (χ3v) is 8.35. The van der Waals surface area contributed by atoms with Crippen LogP contribution in [0.1, 0.15) is 54.9 Å². The molecule has 0 aliphatic carbocycles. The van der Waals surface area contributed by atoms with Crippen molar-refractivity contribution in [2.45, 2.75) is 62.8 Å². The molecule has 210 valence electrons. The highest BCUT2D eigenvalue weighted by Crippen LogP contribution is 2.42. The summed E-state index contributed by atoms with van der Waals surface area (Å²) in [5, 5.41) is 2.91.